The van der Waals surface area contributed by atoms with E-state index in [-0.39, 0.29) is 0 Å². The minimum atomic E-state index is 0.473. The Morgan fingerprint density at radius 1 is 1.40 bits per heavy atom. The van der Waals surface area contributed by atoms with Gasteiger partial charge < -0.3 is 4.90 Å². The van der Waals surface area contributed by atoms with Gasteiger partial charge in [-0.15, -0.1) is 0 Å². The van der Waals surface area contributed by atoms with Crippen molar-refractivity contribution in [1.29, 1.82) is 0 Å². The fourth-order valence-electron chi connectivity index (χ4n) is 1.59. The SMILES string of the molecule is CCC1(CC)CN(C=O)C1. The second kappa shape index (κ2) is 2.60. The zero-order valence-electron chi connectivity index (χ0n) is 6.76. The summed E-state index contributed by atoms with van der Waals surface area (Å²) in [5.41, 5.74) is 0.473. The maximum atomic E-state index is 10.2. The van der Waals surface area contributed by atoms with Gasteiger partial charge in [0.25, 0.3) is 0 Å². The predicted molar refractivity (Wildman–Crippen MR) is 40.7 cm³/mol. The molecule has 0 aliphatic carbocycles. The van der Waals surface area contributed by atoms with Gasteiger partial charge in [0.15, 0.2) is 0 Å². The second-order valence-corrected chi connectivity index (χ2v) is 3.22. The molecule has 58 valence electrons. The molecule has 2 heteroatoms. The van der Waals surface area contributed by atoms with Gasteiger partial charge in [-0.1, -0.05) is 13.8 Å². The lowest BCUT2D eigenvalue weighted by Crippen LogP contribution is -2.54. The molecule has 1 heterocycles. The van der Waals surface area contributed by atoms with Gasteiger partial charge in [0.1, 0.15) is 0 Å². The largest absolute Gasteiger partial charge is 0.344 e. The van der Waals surface area contributed by atoms with Crippen LogP contribution in [0.5, 0.6) is 0 Å². The van der Waals surface area contributed by atoms with Crippen molar-refractivity contribution in [3.8, 4) is 0 Å². The average molecular weight is 141 g/mol. The summed E-state index contributed by atoms with van der Waals surface area (Å²) in [6, 6.07) is 0. The Kier molecular flexibility index (Phi) is 1.97. The van der Waals surface area contributed by atoms with Crippen molar-refractivity contribution < 1.29 is 4.79 Å². The van der Waals surface area contributed by atoms with Crippen LogP contribution in [0.25, 0.3) is 0 Å². The predicted octanol–water partition coefficient (Wildman–Crippen LogP) is 1.26. The number of nitrogens with zero attached hydrogens (tertiary/aromatic N) is 1. The van der Waals surface area contributed by atoms with Gasteiger partial charge in [-0.2, -0.15) is 0 Å². The number of carbonyl (C=O) groups is 1. The van der Waals surface area contributed by atoms with Crippen molar-refractivity contribution in [2.45, 2.75) is 26.7 Å². The van der Waals surface area contributed by atoms with Crippen LogP contribution in [0, 0.1) is 5.41 Å². The molecule has 0 aromatic rings. The number of likely N-dealkylation sites (tertiary alicyclic amines) is 1. The summed E-state index contributed by atoms with van der Waals surface area (Å²) in [5, 5.41) is 0. The van der Waals surface area contributed by atoms with Crippen molar-refractivity contribution >= 4 is 6.41 Å². The maximum Gasteiger partial charge on any atom is 0.209 e. The lowest BCUT2D eigenvalue weighted by molar-refractivity contribution is -0.129. The highest BCUT2D eigenvalue weighted by Gasteiger charge is 2.38. The molecule has 0 radical (unpaired) electrons. The van der Waals surface area contributed by atoms with Crippen molar-refractivity contribution in [2.24, 2.45) is 5.41 Å². The normalized spacial score (nSPS) is 22.0. The molecular formula is C8H15NO. The van der Waals surface area contributed by atoms with Crippen molar-refractivity contribution in [2.75, 3.05) is 13.1 Å². The van der Waals surface area contributed by atoms with E-state index >= 15 is 0 Å². The van der Waals surface area contributed by atoms with Crippen LogP contribution in [0.1, 0.15) is 26.7 Å². The van der Waals surface area contributed by atoms with E-state index in [1.807, 2.05) is 4.90 Å². The van der Waals surface area contributed by atoms with E-state index in [0.717, 1.165) is 19.5 Å². The number of rotatable bonds is 3. The first-order chi connectivity index (χ1) is 4.76. The summed E-state index contributed by atoms with van der Waals surface area (Å²) in [6.07, 6.45) is 3.35. The molecule has 0 bridgehead atoms. The molecule has 0 atom stereocenters. The fourth-order valence-corrected chi connectivity index (χ4v) is 1.59. The standard InChI is InChI=1S/C8H15NO/c1-3-8(4-2)5-9(6-8)7-10/h7H,3-6H2,1-2H3. The van der Waals surface area contributed by atoms with Crippen LogP contribution in [-0.2, 0) is 4.79 Å². The molecule has 1 aliphatic rings. The number of hydrogen-bond acceptors (Lipinski definition) is 1. The Morgan fingerprint density at radius 2 is 1.90 bits per heavy atom. The van der Waals surface area contributed by atoms with Crippen LogP contribution in [0.3, 0.4) is 0 Å². The molecule has 10 heavy (non-hydrogen) atoms. The van der Waals surface area contributed by atoms with E-state index in [1.165, 1.54) is 12.8 Å². The molecule has 1 amide bonds. The molecule has 0 aromatic carbocycles. The van der Waals surface area contributed by atoms with Gasteiger partial charge >= 0.3 is 0 Å². The number of carbonyl (C=O) groups excluding carboxylic acids is 1. The maximum absolute atomic E-state index is 10.2. The molecule has 1 fully saturated rings. The smallest absolute Gasteiger partial charge is 0.209 e. The van der Waals surface area contributed by atoms with E-state index < -0.39 is 0 Å². The molecule has 0 spiro atoms. The summed E-state index contributed by atoms with van der Waals surface area (Å²) in [7, 11) is 0. The Morgan fingerprint density at radius 3 is 2.20 bits per heavy atom. The highest BCUT2D eigenvalue weighted by molar-refractivity contribution is 5.49. The highest BCUT2D eigenvalue weighted by Crippen LogP contribution is 2.35. The van der Waals surface area contributed by atoms with Crippen LogP contribution in [-0.4, -0.2) is 24.4 Å². The second-order valence-electron chi connectivity index (χ2n) is 3.22. The molecule has 0 N–H and O–H groups in total. The fraction of sp³-hybridized carbons (Fsp3) is 0.875. The van der Waals surface area contributed by atoms with Crippen LogP contribution in [0.2, 0.25) is 0 Å². The molecule has 1 saturated heterocycles. The van der Waals surface area contributed by atoms with Crippen molar-refractivity contribution in [1.82, 2.24) is 4.90 Å². The van der Waals surface area contributed by atoms with Gasteiger partial charge in [0.05, 0.1) is 0 Å². The van der Waals surface area contributed by atoms with E-state index in [1.54, 1.807) is 0 Å². The topological polar surface area (TPSA) is 20.3 Å². The van der Waals surface area contributed by atoms with Gasteiger partial charge in [-0.05, 0) is 12.8 Å². The van der Waals surface area contributed by atoms with Crippen LogP contribution < -0.4 is 0 Å². The number of amides is 1. The molecule has 1 rings (SSSR count). The summed E-state index contributed by atoms with van der Waals surface area (Å²) in [5.74, 6) is 0. The Bertz CT molecular complexity index is 121. The third kappa shape index (κ3) is 1.02. The average Bonchev–Trinajstić information content (AvgIpc) is 1.89. The minimum Gasteiger partial charge on any atom is -0.344 e. The van der Waals surface area contributed by atoms with Crippen LogP contribution in [0.4, 0.5) is 0 Å². The van der Waals surface area contributed by atoms with Crippen LogP contribution in [0.15, 0.2) is 0 Å². The lowest BCUT2D eigenvalue weighted by Gasteiger charge is -2.47. The lowest BCUT2D eigenvalue weighted by atomic mass is 9.75. The first kappa shape index (κ1) is 7.58. The van der Waals surface area contributed by atoms with Crippen molar-refractivity contribution in [3.05, 3.63) is 0 Å². The van der Waals surface area contributed by atoms with Gasteiger partial charge in [-0.25, -0.2) is 0 Å². The van der Waals surface area contributed by atoms with Gasteiger partial charge in [-0.3, -0.25) is 4.79 Å². The Labute approximate surface area is 62.2 Å². The Hall–Kier alpha value is -0.530. The molecule has 0 saturated carbocycles. The minimum absolute atomic E-state index is 0.473. The summed E-state index contributed by atoms with van der Waals surface area (Å²) < 4.78 is 0. The summed E-state index contributed by atoms with van der Waals surface area (Å²) >= 11 is 0. The highest BCUT2D eigenvalue weighted by atomic mass is 16.1. The van der Waals surface area contributed by atoms with E-state index in [0.29, 0.717) is 5.41 Å². The van der Waals surface area contributed by atoms with E-state index in [4.69, 9.17) is 0 Å². The monoisotopic (exact) mass is 141 g/mol. The summed E-state index contributed by atoms with van der Waals surface area (Å²) in [6.45, 7) is 6.35. The molecule has 1 aliphatic heterocycles. The molecule has 0 unspecified atom stereocenters. The van der Waals surface area contributed by atoms with Crippen molar-refractivity contribution in [3.63, 3.8) is 0 Å². The van der Waals surface area contributed by atoms with E-state index in [9.17, 15) is 4.79 Å². The zero-order chi connectivity index (χ0) is 7.61. The molecule has 2 nitrogen and oxygen atoms in total. The first-order valence-corrected chi connectivity index (χ1v) is 3.95. The summed E-state index contributed by atoms with van der Waals surface area (Å²) in [4.78, 5) is 12.1. The molecular weight excluding hydrogens is 126 g/mol. The third-order valence-corrected chi connectivity index (χ3v) is 2.73. The molecule has 0 aromatic heterocycles. The van der Waals surface area contributed by atoms with Gasteiger partial charge in [0, 0.05) is 18.5 Å². The van der Waals surface area contributed by atoms with E-state index in [2.05, 4.69) is 13.8 Å². The quantitative estimate of drug-likeness (QED) is 0.542. The van der Waals surface area contributed by atoms with Gasteiger partial charge in [0.2, 0.25) is 6.41 Å². The van der Waals surface area contributed by atoms with Crippen LogP contribution >= 0.6 is 0 Å². The third-order valence-electron chi connectivity index (χ3n) is 2.73. The first-order valence-electron chi connectivity index (χ1n) is 3.95. The zero-order valence-corrected chi connectivity index (χ0v) is 6.76. The number of hydrogen-bond donors (Lipinski definition) is 0. The Balaban J connectivity index is 2.38.